The molecular formula is C32H45N8O17P3S. The monoisotopic (exact) mass is 938 g/mol. The standard InChI is InChI=1S/C32H45N8O17P3S/c1-32(2,27(44)30(45)35-10-9-22(41)34-11-12-61-23(42)8-7-18-13-36-20-6-4-3-5-19(18)20)15-54-60(51,52)57-59(49,50)53-14-21-26(56-58(46,47)48)25(43)31(55-21)40-17-39-24-28(33)37-16-38-29(24)40/h3-6,13,16-17,21,25-27,31,36,43-44H,7-12,14-15H2,1-2H3,(H,34,41)(H,35,45)(H,49,50)(H,51,52)(H2,33,37,38)(H2,46,47,48)/t21-,25-,26-,27?,31-/m1/s1. The van der Waals surface area contributed by atoms with Crippen molar-refractivity contribution in [2.75, 3.05) is 37.8 Å². The van der Waals surface area contributed by atoms with E-state index in [1.165, 1.54) is 13.8 Å². The Morgan fingerprint density at radius 2 is 1.75 bits per heavy atom. The van der Waals surface area contributed by atoms with Gasteiger partial charge in [0.1, 0.15) is 36.3 Å². The number of phosphoric ester groups is 3. The van der Waals surface area contributed by atoms with Gasteiger partial charge in [0.25, 0.3) is 0 Å². The Labute approximate surface area is 350 Å². The second kappa shape index (κ2) is 20.2. The number of nitrogens with one attached hydrogen (secondary N) is 3. The summed E-state index contributed by atoms with van der Waals surface area (Å²) in [7, 11) is -16.4. The molecule has 25 nitrogen and oxygen atoms in total. The number of benzene rings is 1. The highest BCUT2D eigenvalue weighted by molar-refractivity contribution is 8.13. The van der Waals surface area contributed by atoms with E-state index in [1.54, 1.807) is 0 Å². The van der Waals surface area contributed by atoms with Crippen LogP contribution in [0, 0.1) is 5.41 Å². The quantitative estimate of drug-likeness (QED) is 0.0384. The largest absolute Gasteiger partial charge is 0.481 e. The topological polar surface area (TPSA) is 379 Å². The van der Waals surface area contributed by atoms with Gasteiger partial charge in [-0.2, -0.15) is 4.31 Å². The first-order valence-electron chi connectivity index (χ1n) is 18.2. The molecule has 0 saturated carbocycles. The van der Waals surface area contributed by atoms with Crippen LogP contribution in [0.15, 0.2) is 43.1 Å². The first kappa shape index (κ1) is 48.4. The summed E-state index contributed by atoms with van der Waals surface area (Å²) in [6, 6.07) is 7.77. The fraction of sp³-hybridized carbons (Fsp3) is 0.500. The lowest BCUT2D eigenvalue weighted by molar-refractivity contribution is -0.137. The number of carbonyl (C=O) groups excluding carboxylic acids is 3. The molecule has 0 aliphatic carbocycles. The maximum atomic E-state index is 12.7. The zero-order chi connectivity index (χ0) is 44.8. The Bertz CT molecular complexity index is 2340. The number of nitrogens with zero attached hydrogens (tertiary/aromatic N) is 4. The SMILES string of the molecule is CC(C)(COP(=O)(O)OP(=O)(O)OC[C@H]1O[C@@H](n2cnc3c(N)ncnc32)[C@H](O)[C@@H]1OP(=O)(O)O)C(O)C(=O)NCCC(=O)NCCSC(=O)CCc1c[nH]c2ccccc12. The van der Waals surface area contributed by atoms with Crippen molar-refractivity contribution in [3.63, 3.8) is 0 Å². The van der Waals surface area contributed by atoms with Gasteiger partial charge >= 0.3 is 23.5 Å². The van der Waals surface area contributed by atoms with Gasteiger partial charge in [-0.3, -0.25) is 32.5 Å². The zero-order valence-electron chi connectivity index (χ0n) is 32.4. The molecule has 0 bridgehead atoms. The number of anilines is 1. The number of H-pyrrole nitrogens is 1. The third-order valence-electron chi connectivity index (χ3n) is 9.04. The number of para-hydroxylation sites is 1. The minimum Gasteiger partial charge on any atom is -0.386 e. The Kier molecular flexibility index (Phi) is 16.0. The molecule has 336 valence electrons. The third kappa shape index (κ3) is 13.4. The summed E-state index contributed by atoms with van der Waals surface area (Å²) in [5, 5.41) is 27.5. The van der Waals surface area contributed by atoms with E-state index in [1.807, 2.05) is 30.5 Å². The number of aliphatic hydroxyl groups is 2. The Morgan fingerprint density at radius 1 is 1.03 bits per heavy atom. The molecule has 1 aliphatic rings. The van der Waals surface area contributed by atoms with Crippen molar-refractivity contribution in [3.8, 4) is 0 Å². The molecule has 1 aliphatic heterocycles. The van der Waals surface area contributed by atoms with E-state index in [0.29, 0.717) is 18.6 Å². The number of fused-ring (bicyclic) bond motifs is 2. The van der Waals surface area contributed by atoms with E-state index in [4.69, 9.17) is 19.5 Å². The summed E-state index contributed by atoms with van der Waals surface area (Å²) in [4.78, 5) is 91.5. The van der Waals surface area contributed by atoms with Crippen molar-refractivity contribution < 1.29 is 80.5 Å². The Morgan fingerprint density at radius 3 is 2.49 bits per heavy atom. The molecule has 3 unspecified atom stereocenters. The average Bonchev–Trinajstić information content (AvgIpc) is 3.89. The van der Waals surface area contributed by atoms with Gasteiger partial charge in [-0.05, 0) is 18.1 Å². The van der Waals surface area contributed by atoms with Crippen LogP contribution < -0.4 is 16.4 Å². The lowest BCUT2D eigenvalue weighted by Gasteiger charge is -2.30. The van der Waals surface area contributed by atoms with Gasteiger partial charge in [0.15, 0.2) is 22.8 Å². The van der Waals surface area contributed by atoms with Crippen molar-refractivity contribution in [2.24, 2.45) is 5.41 Å². The average molecular weight is 939 g/mol. The normalized spacial score (nSPS) is 20.9. The third-order valence-corrected chi connectivity index (χ3v) is 13.1. The molecule has 4 aromatic rings. The summed E-state index contributed by atoms with van der Waals surface area (Å²) in [5.41, 5.74) is 6.29. The highest BCUT2D eigenvalue weighted by Gasteiger charge is 2.50. The summed E-state index contributed by atoms with van der Waals surface area (Å²) in [5.74, 6) is -1.13. The van der Waals surface area contributed by atoms with E-state index in [-0.39, 0.29) is 41.6 Å². The Hall–Kier alpha value is -3.68. The number of nitrogen functional groups attached to an aromatic ring is 1. The van der Waals surface area contributed by atoms with Crippen molar-refractivity contribution in [2.45, 2.75) is 63.8 Å². The number of aromatic nitrogens is 5. The number of aromatic amines is 1. The van der Waals surface area contributed by atoms with E-state index in [2.05, 4.69) is 39.4 Å². The maximum Gasteiger partial charge on any atom is 0.481 e. The fourth-order valence-electron chi connectivity index (χ4n) is 5.94. The lowest BCUT2D eigenvalue weighted by atomic mass is 9.87. The van der Waals surface area contributed by atoms with Gasteiger partial charge in [0, 0.05) is 54.2 Å². The van der Waals surface area contributed by atoms with Crippen LogP contribution in [0.1, 0.15) is 38.5 Å². The number of amides is 2. The van der Waals surface area contributed by atoms with Gasteiger partial charge in [-0.1, -0.05) is 43.8 Å². The first-order chi connectivity index (χ1) is 28.6. The molecule has 4 heterocycles. The molecule has 61 heavy (non-hydrogen) atoms. The van der Waals surface area contributed by atoms with Gasteiger partial charge in [0.2, 0.25) is 11.8 Å². The molecule has 29 heteroatoms. The number of phosphoric acid groups is 3. The lowest BCUT2D eigenvalue weighted by Crippen LogP contribution is -2.46. The van der Waals surface area contributed by atoms with E-state index in [9.17, 15) is 57.9 Å². The predicted molar refractivity (Wildman–Crippen MR) is 214 cm³/mol. The number of nitrogens with two attached hydrogens (primary N) is 1. The number of hydrogen-bond donors (Lipinski definition) is 10. The summed E-state index contributed by atoms with van der Waals surface area (Å²) in [6.45, 7) is 0.471. The summed E-state index contributed by atoms with van der Waals surface area (Å²) >= 11 is 1.09. The number of imidazole rings is 1. The van der Waals surface area contributed by atoms with Gasteiger partial charge in [-0.15, -0.1) is 0 Å². The van der Waals surface area contributed by atoms with Crippen molar-refractivity contribution in [3.05, 3.63) is 48.7 Å². The van der Waals surface area contributed by atoms with Crippen molar-refractivity contribution in [1.29, 1.82) is 0 Å². The second-order valence-electron chi connectivity index (χ2n) is 14.1. The molecule has 11 N–H and O–H groups in total. The molecule has 7 atom stereocenters. The van der Waals surface area contributed by atoms with E-state index in [0.717, 1.165) is 45.5 Å². The first-order valence-corrected chi connectivity index (χ1v) is 23.7. The van der Waals surface area contributed by atoms with Crippen LogP contribution in [-0.2, 0) is 57.1 Å². The number of rotatable bonds is 22. The minimum absolute atomic E-state index is 0.0291. The van der Waals surface area contributed by atoms with Crippen molar-refractivity contribution >= 4 is 80.0 Å². The molecule has 0 radical (unpaired) electrons. The molecule has 1 aromatic carbocycles. The van der Waals surface area contributed by atoms with E-state index < -0.39 is 84.6 Å². The van der Waals surface area contributed by atoms with Crippen molar-refractivity contribution in [1.82, 2.24) is 35.1 Å². The second-order valence-corrected chi connectivity index (χ2v) is 19.5. The molecule has 3 aromatic heterocycles. The van der Waals surface area contributed by atoms with Crippen LogP contribution >= 0.6 is 35.2 Å². The molecule has 2 amide bonds. The Balaban J connectivity index is 1.02. The number of hydrogen-bond acceptors (Lipinski definition) is 18. The number of aliphatic hydroxyl groups excluding tert-OH is 2. The van der Waals surface area contributed by atoms with Crippen LogP contribution in [0.25, 0.3) is 22.1 Å². The molecule has 1 saturated heterocycles. The minimum atomic E-state index is -5.58. The highest BCUT2D eigenvalue weighted by Crippen LogP contribution is 2.61. The number of ether oxygens (including phenoxy) is 1. The molecule has 0 spiro atoms. The summed E-state index contributed by atoms with van der Waals surface area (Å²) in [6.07, 6.45) is -4.18. The number of carbonyl (C=O) groups is 3. The van der Waals surface area contributed by atoms with Gasteiger partial charge in [-0.25, -0.2) is 28.6 Å². The predicted octanol–water partition coefficient (Wildman–Crippen LogP) is 0.779. The van der Waals surface area contributed by atoms with Gasteiger partial charge < -0.3 is 55.9 Å². The highest BCUT2D eigenvalue weighted by atomic mass is 32.2. The zero-order valence-corrected chi connectivity index (χ0v) is 35.9. The summed E-state index contributed by atoms with van der Waals surface area (Å²) < 4.78 is 62.3. The molecule has 5 rings (SSSR count). The molecule has 1 fully saturated rings. The van der Waals surface area contributed by atoms with Crippen LogP contribution in [0.3, 0.4) is 0 Å². The smallest absolute Gasteiger partial charge is 0.386 e. The molecular weight excluding hydrogens is 893 g/mol. The van der Waals surface area contributed by atoms with Crippen LogP contribution in [-0.4, -0.2) is 128 Å². The number of aryl methyl sites for hydroxylation is 1. The van der Waals surface area contributed by atoms with Crippen LogP contribution in [0.4, 0.5) is 5.82 Å². The van der Waals surface area contributed by atoms with Crippen LogP contribution in [0.2, 0.25) is 0 Å². The van der Waals surface area contributed by atoms with Crippen LogP contribution in [0.5, 0.6) is 0 Å². The fourth-order valence-corrected chi connectivity index (χ4v) is 9.45. The number of thioether (sulfide) groups is 1. The van der Waals surface area contributed by atoms with Gasteiger partial charge in [0.05, 0.1) is 19.5 Å². The van der Waals surface area contributed by atoms with E-state index >= 15 is 0 Å². The maximum absolute atomic E-state index is 12.7.